The molecule has 1 unspecified atom stereocenters. The quantitative estimate of drug-likeness (QED) is 0.884. The van der Waals surface area contributed by atoms with Gasteiger partial charge in [-0.1, -0.05) is 30.3 Å². The van der Waals surface area contributed by atoms with E-state index in [0.717, 1.165) is 0 Å². The van der Waals surface area contributed by atoms with Gasteiger partial charge >= 0.3 is 5.97 Å². The van der Waals surface area contributed by atoms with Crippen molar-refractivity contribution in [3.05, 3.63) is 59.7 Å². The number of methoxy groups -OCH3 is 1. The third-order valence-corrected chi connectivity index (χ3v) is 2.90. The molecular weight excluding hydrogens is 244 g/mol. The minimum Gasteiger partial charge on any atom is -0.508 e. The van der Waals surface area contributed by atoms with E-state index in [-0.39, 0.29) is 5.75 Å². The molecule has 2 aromatic carbocycles. The summed E-state index contributed by atoms with van der Waals surface area (Å²) in [6.07, 6.45) is 0. The number of aliphatic carboxylic acids is 1. The van der Waals surface area contributed by atoms with E-state index < -0.39 is 11.9 Å². The minimum absolute atomic E-state index is 0.0120. The molecule has 0 saturated carbocycles. The molecule has 2 N–H and O–H groups in total. The summed E-state index contributed by atoms with van der Waals surface area (Å²) in [5, 5.41) is 19.0. The van der Waals surface area contributed by atoms with Crippen LogP contribution in [0.2, 0.25) is 0 Å². The molecule has 0 aromatic heterocycles. The normalized spacial score (nSPS) is 11.8. The van der Waals surface area contributed by atoms with Crippen molar-refractivity contribution in [3.8, 4) is 11.5 Å². The first-order chi connectivity index (χ1) is 9.13. The van der Waals surface area contributed by atoms with Crippen LogP contribution in [0.1, 0.15) is 17.0 Å². The molecule has 0 aliphatic carbocycles. The summed E-state index contributed by atoms with van der Waals surface area (Å²) in [4.78, 5) is 11.5. The number of hydrogen-bond donors (Lipinski definition) is 2. The van der Waals surface area contributed by atoms with Crippen LogP contribution >= 0.6 is 0 Å². The lowest BCUT2D eigenvalue weighted by molar-refractivity contribution is -0.137. The van der Waals surface area contributed by atoms with Crippen LogP contribution in [0.15, 0.2) is 48.5 Å². The summed E-state index contributed by atoms with van der Waals surface area (Å²) in [6.45, 7) is 0. The molecule has 0 bridgehead atoms. The Balaban J connectivity index is 2.57. The van der Waals surface area contributed by atoms with Gasteiger partial charge < -0.3 is 14.9 Å². The number of carboxylic acids is 1. The smallest absolute Gasteiger partial charge is 0.315 e. The number of aromatic hydroxyl groups is 1. The van der Waals surface area contributed by atoms with Gasteiger partial charge in [0.2, 0.25) is 0 Å². The second-order valence-electron chi connectivity index (χ2n) is 4.11. The topological polar surface area (TPSA) is 66.8 Å². The molecule has 0 heterocycles. The van der Waals surface area contributed by atoms with Gasteiger partial charge in [-0.2, -0.15) is 0 Å². The number of rotatable bonds is 4. The van der Waals surface area contributed by atoms with Crippen molar-refractivity contribution in [2.45, 2.75) is 5.92 Å². The molecule has 0 aliphatic heterocycles. The van der Waals surface area contributed by atoms with E-state index in [2.05, 4.69) is 0 Å². The predicted octanol–water partition coefficient (Wildman–Crippen LogP) is 2.62. The third-order valence-electron chi connectivity index (χ3n) is 2.90. The van der Waals surface area contributed by atoms with E-state index in [4.69, 9.17) is 4.74 Å². The third kappa shape index (κ3) is 2.68. The Morgan fingerprint density at radius 2 is 1.84 bits per heavy atom. The second-order valence-corrected chi connectivity index (χ2v) is 4.11. The lowest BCUT2D eigenvalue weighted by Crippen LogP contribution is -2.14. The summed E-state index contributed by atoms with van der Waals surface area (Å²) in [5.41, 5.74) is 1.07. The van der Waals surface area contributed by atoms with Crippen molar-refractivity contribution in [1.29, 1.82) is 0 Å². The maximum absolute atomic E-state index is 11.5. The molecule has 0 radical (unpaired) electrons. The van der Waals surface area contributed by atoms with Gasteiger partial charge in [-0.05, 0) is 23.8 Å². The van der Waals surface area contributed by atoms with E-state index >= 15 is 0 Å². The zero-order valence-corrected chi connectivity index (χ0v) is 10.4. The van der Waals surface area contributed by atoms with Crippen LogP contribution in [0.25, 0.3) is 0 Å². The van der Waals surface area contributed by atoms with E-state index in [0.29, 0.717) is 16.9 Å². The molecule has 2 aromatic rings. The maximum Gasteiger partial charge on any atom is 0.315 e. The first-order valence-electron chi connectivity index (χ1n) is 5.78. The highest BCUT2D eigenvalue weighted by Gasteiger charge is 2.25. The van der Waals surface area contributed by atoms with Crippen molar-refractivity contribution in [2.24, 2.45) is 0 Å². The van der Waals surface area contributed by atoms with Gasteiger partial charge in [0.25, 0.3) is 0 Å². The molecule has 0 spiro atoms. The molecule has 4 heteroatoms. The summed E-state index contributed by atoms with van der Waals surface area (Å²) in [5.74, 6) is -1.41. The highest BCUT2D eigenvalue weighted by Crippen LogP contribution is 2.34. The number of hydrogen-bond acceptors (Lipinski definition) is 3. The molecule has 4 nitrogen and oxygen atoms in total. The molecule has 0 amide bonds. The van der Waals surface area contributed by atoms with Crippen molar-refractivity contribution in [1.82, 2.24) is 0 Å². The second kappa shape index (κ2) is 5.44. The van der Waals surface area contributed by atoms with Crippen LogP contribution in [0, 0.1) is 0 Å². The van der Waals surface area contributed by atoms with E-state index in [9.17, 15) is 15.0 Å². The summed E-state index contributed by atoms with van der Waals surface area (Å²) < 4.78 is 5.18. The largest absolute Gasteiger partial charge is 0.508 e. The van der Waals surface area contributed by atoms with Crippen LogP contribution < -0.4 is 4.74 Å². The van der Waals surface area contributed by atoms with Gasteiger partial charge in [0.05, 0.1) is 7.11 Å². The Bertz CT molecular complexity index is 578. The van der Waals surface area contributed by atoms with Crippen molar-refractivity contribution >= 4 is 5.97 Å². The molecular formula is C15H14O4. The van der Waals surface area contributed by atoms with Crippen LogP contribution in [0.5, 0.6) is 11.5 Å². The SMILES string of the molecule is COc1ccc(O)cc1C(C(=O)O)c1ccccc1. The number of phenols is 1. The van der Waals surface area contributed by atoms with Crippen molar-refractivity contribution in [3.63, 3.8) is 0 Å². The van der Waals surface area contributed by atoms with Gasteiger partial charge in [0, 0.05) is 5.56 Å². The van der Waals surface area contributed by atoms with Gasteiger partial charge in [0.15, 0.2) is 0 Å². The van der Waals surface area contributed by atoms with Crippen LogP contribution in [0.4, 0.5) is 0 Å². The molecule has 2 rings (SSSR count). The number of phenolic OH excluding ortho intramolecular Hbond substituents is 1. The van der Waals surface area contributed by atoms with Crippen LogP contribution in [0.3, 0.4) is 0 Å². The monoisotopic (exact) mass is 258 g/mol. The molecule has 1 atom stereocenters. The Morgan fingerprint density at radius 3 is 2.42 bits per heavy atom. The number of ether oxygens (including phenoxy) is 1. The van der Waals surface area contributed by atoms with Gasteiger partial charge in [0.1, 0.15) is 17.4 Å². The molecule has 0 aliphatic rings. The molecule has 98 valence electrons. The highest BCUT2D eigenvalue weighted by atomic mass is 16.5. The fourth-order valence-corrected chi connectivity index (χ4v) is 2.05. The standard InChI is InChI=1S/C15H14O4/c1-19-13-8-7-11(16)9-12(13)14(15(17)18)10-5-3-2-4-6-10/h2-9,14,16H,1H3,(H,17,18). The summed E-state index contributed by atoms with van der Waals surface area (Å²) >= 11 is 0. The molecule has 0 fully saturated rings. The number of carbonyl (C=O) groups is 1. The Labute approximate surface area is 110 Å². The Morgan fingerprint density at radius 1 is 1.16 bits per heavy atom. The van der Waals surface area contributed by atoms with Gasteiger partial charge in [-0.15, -0.1) is 0 Å². The fourth-order valence-electron chi connectivity index (χ4n) is 2.05. The minimum atomic E-state index is -0.991. The van der Waals surface area contributed by atoms with E-state index in [1.54, 1.807) is 30.3 Å². The number of benzene rings is 2. The van der Waals surface area contributed by atoms with Crippen LogP contribution in [-0.4, -0.2) is 23.3 Å². The van der Waals surface area contributed by atoms with Gasteiger partial charge in [-0.3, -0.25) is 4.79 Å². The van der Waals surface area contributed by atoms with Crippen molar-refractivity contribution in [2.75, 3.05) is 7.11 Å². The predicted molar refractivity (Wildman–Crippen MR) is 70.6 cm³/mol. The van der Waals surface area contributed by atoms with E-state index in [1.807, 2.05) is 6.07 Å². The van der Waals surface area contributed by atoms with Gasteiger partial charge in [-0.25, -0.2) is 0 Å². The lowest BCUT2D eigenvalue weighted by atomic mass is 9.90. The Hall–Kier alpha value is -2.49. The average molecular weight is 258 g/mol. The zero-order valence-electron chi connectivity index (χ0n) is 10.4. The van der Waals surface area contributed by atoms with Crippen LogP contribution in [-0.2, 0) is 4.79 Å². The average Bonchev–Trinajstić information content (AvgIpc) is 2.40. The summed E-state index contributed by atoms with van der Waals surface area (Å²) in [7, 11) is 1.47. The lowest BCUT2D eigenvalue weighted by Gasteiger charge is -2.16. The Kier molecular flexibility index (Phi) is 3.71. The zero-order chi connectivity index (χ0) is 13.8. The fraction of sp³-hybridized carbons (Fsp3) is 0.133. The molecule has 0 saturated heterocycles. The number of carboxylic acid groups (broad SMARTS) is 1. The van der Waals surface area contributed by atoms with E-state index in [1.165, 1.54) is 19.2 Å². The summed E-state index contributed by atoms with van der Waals surface area (Å²) in [6, 6.07) is 13.3. The highest BCUT2D eigenvalue weighted by molar-refractivity contribution is 5.81. The maximum atomic E-state index is 11.5. The first kappa shape index (κ1) is 13.0. The van der Waals surface area contributed by atoms with Crippen molar-refractivity contribution < 1.29 is 19.7 Å². The molecule has 19 heavy (non-hydrogen) atoms. The first-order valence-corrected chi connectivity index (χ1v) is 5.78.